The highest BCUT2D eigenvalue weighted by molar-refractivity contribution is 7.21. The van der Waals surface area contributed by atoms with Gasteiger partial charge in [0.05, 0.1) is 5.69 Å². The van der Waals surface area contributed by atoms with Crippen LogP contribution in [0.25, 0.3) is 20.9 Å². The molecule has 0 radical (unpaired) electrons. The van der Waals surface area contributed by atoms with Crippen LogP contribution in [0, 0.1) is 5.82 Å². The first-order chi connectivity index (χ1) is 18.2. The summed E-state index contributed by atoms with van der Waals surface area (Å²) in [6.45, 7) is 0.0612. The van der Waals surface area contributed by atoms with Crippen LogP contribution in [0.15, 0.2) is 60.7 Å². The smallest absolute Gasteiger partial charge is 0.457 e. The Morgan fingerprint density at radius 3 is 2.58 bits per heavy atom. The summed E-state index contributed by atoms with van der Waals surface area (Å²) in [4.78, 5) is 21.3. The van der Waals surface area contributed by atoms with E-state index in [1.807, 2.05) is 36.4 Å². The van der Waals surface area contributed by atoms with Crippen LogP contribution >= 0.6 is 11.3 Å². The molecule has 196 valence electrons. The molecule has 2 aromatic heterocycles. The Morgan fingerprint density at radius 1 is 1.08 bits per heavy atom. The SMILES string of the molecule is O=C(OC[C@@H]1C[C@@H](c2ccc(-c3nc4ccc(C5(c6ccccc6)CC5)nc4s3)c(F)c2)CN1)C(F)(F)F. The van der Waals surface area contributed by atoms with Crippen molar-refractivity contribution in [1.29, 1.82) is 0 Å². The number of fused-ring (bicyclic) bond motifs is 1. The number of halogens is 4. The molecule has 2 fully saturated rings. The van der Waals surface area contributed by atoms with E-state index in [4.69, 9.17) is 4.98 Å². The monoisotopic (exact) mass is 541 g/mol. The Labute approximate surface area is 219 Å². The predicted molar refractivity (Wildman–Crippen MR) is 135 cm³/mol. The molecule has 1 N–H and O–H groups in total. The molecule has 0 spiro atoms. The zero-order valence-electron chi connectivity index (χ0n) is 20.1. The Kier molecular flexibility index (Phi) is 6.19. The molecule has 1 saturated heterocycles. The number of carbonyl (C=O) groups is 1. The van der Waals surface area contributed by atoms with Gasteiger partial charge in [0.25, 0.3) is 0 Å². The number of carbonyl (C=O) groups excluding carboxylic acids is 1. The third kappa shape index (κ3) is 4.67. The van der Waals surface area contributed by atoms with E-state index in [1.165, 1.54) is 23.0 Å². The molecular weight excluding hydrogens is 518 g/mol. The van der Waals surface area contributed by atoms with Crippen molar-refractivity contribution >= 4 is 27.7 Å². The van der Waals surface area contributed by atoms with Crippen LogP contribution in [0.3, 0.4) is 0 Å². The number of benzene rings is 2. The van der Waals surface area contributed by atoms with Crippen molar-refractivity contribution in [3.05, 3.63) is 83.3 Å². The van der Waals surface area contributed by atoms with Gasteiger partial charge in [0.2, 0.25) is 0 Å². The topological polar surface area (TPSA) is 64.1 Å². The summed E-state index contributed by atoms with van der Waals surface area (Å²) >= 11 is 1.35. The number of rotatable bonds is 6. The summed E-state index contributed by atoms with van der Waals surface area (Å²) in [5, 5.41) is 3.59. The molecule has 6 rings (SSSR count). The molecule has 2 aromatic carbocycles. The maximum atomic E-state index is 15.2. The molecule has 0 amide bonds. The lowest BCUT2D eigenvalue weighted by atomic mass is 9.92. The molecule has 4 aromatic rings. The quantitative estimate of drug-likeness (QED) is 0.235. The largest absolute Gasteiger partial charge is 0.490 e. The molecule has 2 atom stereocenters. The molecular formula is C28H23F4N3O2S. The van der Waals surface area contributed by atoms with Gasteiger partial charge >= 0.3 is 12.1 Å². The fraction of sp³-hybridized carbons (Fsp3) is 0.321. The molecule has 0 unspecified atom stereocenters. The molecule has 10 heteroatoms. The Balaban J connectivity index is 1.18. The van der Waals surface area contributed by atoms with E-state index >= 15 is 4.39 Å². The van der Waals surface area contributed by atoms with E-state index < -0.39 is 24.0 Å². The fourth-order valence-electron chi connectivity index (χ4n) is 5.19. The zero-order chi connectivity index (χ0) is 26.5. The fourth-order valence-corrected chi connectivity index (χ4v) is 6.16. The van der Waals surface area contributed by atoms with Gasteiger partial charge in [-0.25, -0.2) is 19.2 Å². The van der Waals surface area contributed by atoms with Crippen LogP contribution in [-0.2, 0) is 14.9 Å². The van der Waals surface area contributed by atoms with Crippen LogP contribution in [0.1, 0.15) is 42.0 Å². The molecule has 2 aliphatic rings. The van der Waals surface area contributed by atoms with E-state index in [-0.39, 0.29) is 17.9 Å². The van der Waals surface area contributed by atoms with E-state index in [2.05, 4.69) is 27.2 Å². The number of aromatic nitrogens is 2. The van der Waals surface area contributed by atoms with Gasteiger partial charge in [-0.15, -0.1) is 0 Å². The summed E-state index contributed by atoms with van der Waals surface area (Å²) in [6, 6.07) is 18.8. The number of nitrogens with zero attached hydrogens (tertiary/aromatic N) is 2. The number of alkyl halides is 3. The van der Waals surface area contributed by atoms with Crippen LogP contribution in [0.2, 0.25) is 0 Å². The standard InChI is InChI=1S/C28H23F4N3O2S/c29-21-13-16(17-12-19(33-14-17)15-37-26(36)28(30,31)32)6-7-20(21)24-34-22-8-9-23(35-25(22)38-24)27(10-11-27)18-4-2-1-3-5-18/h1-9,13,17,19,33H,10-12,14-15H2/t17-,19+/m1/s1. The second-order valence-electron chi connectivity index (χ2n) is 9.86. The number of thiazole rings is 1. The van der Waals surface area contributed by atoms with Crippen molar-refractivity contribution in [3.63, 3.8) is 0 Å². The normalized spacial score (nSPS) is 20.5. The highest BCUT2D eigenvalue weighted by Gasteiger charge is 2.47. The van der Waals surface area contributed by atoms with Crippen molar-refractivity contribution < 1.29 is 27.1 Å². The molecule has 3 heterocycles. The lowest BCUT2D eigenvalue weighted by Gasteiger charge is -2.14. The second-order valence-corrected chi connectivity index (χ2v) is 10.8. The maximum absolute atomic E-state index is 15.2. The minimum absolute atomic E-state index is 0.0647. The molecule has 1 aliphatic heterocycles. The van der Waals surface area contributed by atoms with Gasteiger partial charge in [-0.1, -0.05) is 47.7 Å². The summed E-state index contributed by atoms with van der Waals surface area (Å²) < 4.78 is 56.6. The van der Waals surface area contributed by atoms with Crippen LogP contribution in [-0.4, -0.2) is 41.3 Å². The van der Waals surface area contributed by atoms with E-state index in [0.717, 1.165) is 34.4 Å². The summed E-state index contributed by atoms with van der Waals surface area (Å²) in [5.74, 6) is -2.74. The first kappa shape index (κ1) is 24.9. The third-order valence-corrected chi connectivity index (χ3v) is 8.38. The van der Waals surface area contributed by atoms with E-state index in [0.29, 0.717) is 23.5 Å². The van der Waals surface area contributed by atoms with Gasteiger partial charge in [0.15, 0.2) is 0 Å². The Morgan fingerprint density at radius 2 is 1.87 bits per heavy atom. The van der Waals surface area contributed by atoms with Gasteiger partial charge in [0, 0.05) is 23.6 Å². The number of hydrogen-bond acceptors (Lipinski definition) is 6. The number of nitrogens with one attached hydrogen (secondary N) is 1. The molecule has 1 saturated carbocycles. The first-order valence-electron chi connectivity index (χ1n) is 12.3. The Hall–Kier alpha value is -3.37. The van der Waals surface area contributed by atoms with Gasteiger partial charge in [-0.2, -0.15) is 13.2 Å². The predicted octanol–water partition coefficient (Wildman–Crippen LogP) is 6.13. The van der Waals surface area contributed by atoms with Crippen molar-refractivity contribution in [2.75, 3.05) is 13.2 Å². The average Bonchev–Trinajstić information content (AvgIpc) is 3.39. The number of hydrogen-bond donors (Lipinski definition) is 1. The Bertz CT molecular complexity index is 1500. The summed E-state index contributed by atoms with van der Waals surface area (Å²) in [6.07, 6.45) is -2.51. The minimum atomic E-state index is -5.02. The summed E-state index contributed by atoms with van der Waals surface area (Å²) in [5.41, 5.74) is 4.02. The van der Waals surface area contributed by atoms with Gasteiger partial charge in [-0.05, 0) is 60.6 Å². The van der Waals surface area contributed by atoms with Crippen molar-refractivity contribution in [2.24, 2.45) is 0 Å². The van der Waals surface area contributed by atoms with Gasteiger partial charge in [-0.3, -0.25) is 0 Å². The van der Waals surface area contributed by atoms with Crippen LogP contribution < -0.4 is 5.32 Å². The van der Waals surface area contributed by atoms with Crippen molar-refractivity contribution in [2.45, 2.75) is 42.8 Å². The number of esters is 1. The van der Waals surface area contributed by atoms with Crippen LogP contribution in [0.4, 0.5) is 17.6 Å². The molecule has 1 aliphatic carbocycles. The van der Waals surface area contributed by atoms with Gasteiger partial charge < -0.3 is 10.1 Å². The lowest BCUT2D eigenvalue weighted by molar-refractivity contribution is -0.200. The highest BCUT2D eigenvalue weighted by Crippen LogP contribution is 2.53. The number of pyridine rings is 1. The summed E-state index contributed by atoms with van der Waals surface area (Å²) in [7, 11) is 0. The molecule has 38 heavy (non-hydrogen) atoms. The van der Waals surface area contributed by atoms with E-state index in [9.17, 15) is 18.0 Å². The molecule has 5 nitrogen and oxygen atoms in total. The average molecular weight is 542 g/mol. The maximum Gasteiger partial charge on any atom is 0.490 e. The zero-order valence-corrected chi connectivity index (χ0v) is 20.9. The van der Waals surface area contributed by atoms with E-state index in [1.54, 1.807) is 6.07 Å². The van der Waals surface area contributed by atoms with Crippen LogP contribution in [0.5, 0.6) is 0 Å². The van der Waals surface area contributed by atoms with Crippen molar-refractivity contribution in [1.82, 2.24) is 15.3 Å². The first-order valence-corrected chi connectivity index (χ1v) is 13.2. The van der Waals surface area contributed by atoms with Gasteiger partial charge in [0.1, 0.15) is 27.8 Å². The van der Waals surface area contributed by atoms with Crippen molar-refractivity contribution in [3.8, 4) is 10.6 Å². The third-order valence-electron chi connectivity index (χ3n) is 7.39. The lowest BCUT2D eigenvalue weighted by Crippen LogP contribution is -2.32. The molecule has 0 bridgehead atoms. The second kappa shape index (κ2) is 9.43. The minimum Gasteiger partial charge on any atom is -0.457 e. The highest BCUT2D eigenvalue weighted by atomic mass is 32.1. The number of ether oxygens (including phenoxy) is 1.